The van der Waals surface area contributed by atoms with Gasteiger partial charge in [0.2, 0.25) is 0 Å². The summed E-state index contributed by atoms with van der Waals surface area (Å²) in [5.74, 6) is 0.608. The molecule has 140 valence electrons. The standard InChI is InChI=1S/C21H26N2O.C2H6/c1-5-12-22(4)19-11-8-17-14-23(21(24)20(17)13-19)18-9-6-16(7-10-18)15(2)3;1-2/h6-11,13,15H,5,12,14H2,1-4H3;1-2H3. The Hall–Kier alpha value is -2.29. The zero-order valence-corrected chi connectivity index (χ0v) is 17.0. The van der Waals surface area contributed by atoms with Crippen LogP contribution in [0.4, 0.5) is 11.4 Å². The predicted octanol–water partition coefficient (Wildman–Crippen LogP) is 5.84. The number of carbonyl (C=O) groups excluding carboxylic acids is 1. The molecule has 2 aromatic rings. The highest BCUT2D eigenvalue weighted by Gasteiger charge is 2.29. The van der Waals surface area contributed by atoms with Gasteiger partial charge in [-0.25, -0.2) is 0 Å². The summed E-state index contributed by atoms with van der Waals surface area (Å²) in [6, 6.07) is 14.6. The van der Waals surface area contributed by atoms with Crippen LogP contribution in [-0.2, 0) is 6.54 Å². The monoisotopic (exact) mass is 352 g/mol. The molecule has 0 atom stereocenters. The lowest BCUT2D eigenvalue weighted by Crippen LogP contribution is -2.23. The third-order valence-corrected chi connectivity index (χ3v) is 4.77. The largest absolute Gasteiger partial charge is 0.375 e. The number of fused-ring (bicyclic) bond motifs is 1. The minimum absolute atomic E-state index is 0.106. The van der Waals surface area contributed by atoms with Crippen molar-refractivity contribution in [2.45, 2.75) is 53.5 Å². The molecule has 1 heterocycles. The summed E-state index contributed by atoms with van der Waals surface area (Å²) < 4.78 is 0. The van der Waals surface area contributed by atoms with Crippen molar-refractivity contribution in [3.63, 3.8) is 0 Å². The number of benzene rings is 2. The van der Waals surface area contributed by atoms with Crippen molar-refractivity contribution in [3.05, 3.63) is 59.2 Å². The van der Waals surface area contributed by atoms with Crippen molar-refractivity contribution in [2.24, 2.45) is 0 Å². The molecule has 0 spiro atoms. The Morgan fingerprint density at radius 3 is 2.31 bits per heavy atom. The van der Waals surface area contributed by atoms with E-state index in [0.717, 1.165) is 35.5 Å². The Balaban J connectivity index is 0.00000117. The summed E-state index contributed by atoms with van der Waals surface area (Å²) in [6.07, 6.45) is 1.09. The van der Waals surface area contributed by atoms with Crippen LogP contribution in [0.1, 0.15) is 68.4 Å². The molecule has 26 heavy (non-hydrogen) atoms. The van der Waals surface area contributed by atoms with Gasteiger partial charge >= 0.3 is 0 Å². The zero-order chi connectivity index (χ0) is 19.3. The van der Waals surface area contributed by atoms with E-state index in [4.69, 9.17) is 0 Å². The van der Waals surface area contributed by atoms with Crippen molar-refractivity contribution in [1.29, 1.82) is 0 Å². The van der Waals surface area contributed by atoms with Gasteiger partial charge in [-0.1, -0.05) is 52.8 Å². The van der Waals surface area contributed by atoms with Gasteiger partial charge in [0.25, 0.3) is 5.91 Å². The van der Waals surface area contributed by atoms with E-state index in [2.05, 4.69) is 69.1 Å². The molecule has 0 N–H and O–H groups in total. The SMILES string of the molecule is CC.CCCN(C)c1ccc2c(c1)C(=O)N(c1ccc(C(C)C)cc1)C2. The van der Waals surface area contributed by atoms with Crippen LogP contribution in [-0.4, -0.2) is 19.5 Å². The smallest absolute Gasteiger partial charge is 0.259 e. The Labute approximate surface area is 158 Å². The maximum Gasteiger partial charge on any atom is 0.259 e. The average molecular weight is 353 g/mol. The molecule has 0 saturated heterocycles. The first kappa shape index (κ1) is 20.0. The zero-order valence-electron chi connectivity index (χ0n) is 17.0. The molecule has 0 aliphatic carbocycles. The highest BCUT2D eigenvalue weighted by molar-refractivity contribution is 6.10. The molecule has 0 radical (unpaired) electrons. The fraction of sp³-hybridized carbons (Fsp3) is 0.435. The van der Waals surface area contributed by atoms with Gasteiger partial charge in [0, 0.05) is 30.5 Å². The van der Waals surface area contributed by atoms with Crippen molar-refractivity contribution in [3.8, 4) is 0 Å². The van der Waals surface area contributed by atoms with Crippen LogP contribution in [0, 0.1) is 0 Å². The summed E-state index contributed by atoms with van der Waals surface area (Å²) in [6.45, 7) is 12.2. The molecule has 0 bridgehead atoms. The molecule has 1 aliphatic heterocycles. The highest BCUT2D eigenvalue weighted by Crippen LogP contribution is 2.31. The third kappa shape index (κ3) is 4.09. The first-order chi connectivity index (χ1) is 12.5. The molecule has 1 amide bonds. The second kappa shape index (κ2) is 8.88. The number of amides is 1. The van der Waals surface area contributed by atoms with Gasteiger partial charge in [0.1, 0.15) is 0 Å². The van der Waals surface area contributed by atoms with Crippen LogP contribution in [0.15, 0.2) is 42.5 Å². The predicted molar refractivity (Wildman–Crippen MR) is 112 cm³/mol. The van der Waals surface area contributed by atoms with Gasteiger partial charge in [-0.15, -0.1) is 0 Å². The Morgan fingerprint density at radius 1 is 1.08 bits per heavy atom. The molecule has 3 rings (SSSR count). The van der Waals surface area contributed by atoms with E-state index in [1.54, 1.807) is 0 Å². The fourth-order valence-corrected chi connectivity index (χ4v) is 3.24. The van der Waals surface area contributed by atoms with Gasteiger partial charge in [-0.2, -0.15) is 0 Å². The van der Waals surface area contributed by atoms with Gasteiger partial charge in [0.05, 0.1) is 6.54 Å². The summed E-state index contributed by atoms with van der Waals surface area (Å²) in [7, 11) is 2.08. The topological polar surface area (TPSA) is 23.6 Å². The second-order valence-corrected chi connectivity index (χ2v) is 6.90. The molecule has 0 aromatic heterocycles. The first-order valence-electron chi connectivity index (χ1n) is 9.77. The minimum Gasteiger partial charge on any atom is -0.375 e. The van der Waals surface area contributed by atoms with E-state index in [0.29, 0.717) is 12.5 Å². The lowest BCUT2D eigenvalue weighted by molar-refractivity contribution is 0.0996. The van der Waals surface area contributed by atoms with Gasteiger partial charge in [-0.05, 0) is 47.7 Å². The summed E-state index contributed by atoms with van der Waals surface area (Å²) in [4.78, 5) is 16.9. The number of hydrogen-bond acceptors (Lipinski definition) is 2. The number of hydrogen-bond donors (Lipinski definition) is 0. The Bertz CT molecular complexity index is 734. The Kier molecular flexibility index (Phi) is 6.84. The van der Waals surface area contributed by atoms with Crippen molar-refractivity contribution in [1.82, 2.24) is 0 Å². The van der Waals surface area contributed by atoms with Crippen molar-refractivity contribution >= 4 is 17.3 Å². The molecule has 1 aliphatic rings. The quantitative estimate of drug-likeness (QED) is 0.674. The van der Waals surface area contributed by atoms with Crippen LogP contribution >= 0.6 is 0 Å². The first-order valence-corrected chi connectivity index (χ1v) is 9.77. The molecule has 3 heteroatoms. The third-order valence-electron chi connectivity index (χ3n) is 4.77. The van der Waals surface area contributed by atoms with Crippen LogP contribution in [0.2, 0.25) is 0 Å². The second-order valence-electron chi connectivity index (χ2n) is 6.90. The van der Waals surface area contributed by atoms with Crippen LogP contribution < -0.4 is 9.80 Å². The average Bonchev–Trinajstić information content (AvgIpc) is 3.00. The van der Waals surface area contributed by atoms with Crippen molar-refractivity contribution in [2.75, 3.05) is 23.4 Å². The maximum absolute atomic E-state index is 12.9. The van der Waals surface area contributed by atoms with Gasteiger partial charge in [0.15, 0.2) is 0 Å². The fourth-order valence-electron chi connectivity index (χ4n) is 3.24. The van der Waals surface area contributed by atoms with E-state index in [1.165, 1.54) is 5.56 Å². The lowest BCUT2D eigenvalue weighted by atomic mass is 10.0. The summed E-state index contributed by atoms with van der Waals surface area (Å²) in [5.41, 5.74) is 5.33. The number of carbonyl (C=O) groups is 1. The molecule has 3 nitrogen and oxygen atoms in total. The van der Waals surface area contributed by atoms with E-state index in [1.807, 2.05) is 24.8 Å². The molecular weight excluding hydrogens is 320 g/mol. The normalized spacial score (nSPS) is 12.7. The van der Waals surface area contributed by atoms with Crippen LogP contribution in [0.25, 0.3) is 0 Å². The van der Waals surface area contributed by atoms with Gasteiger partial charge in [-0.3, -0.25) is 4.79 Å². The van der Waals surface area contributed by atoms with Crippen LogP contribution in [0.3, 0.4) is 0 Å². The lowest BCUT2D eigenvalue weighted by Gasteiger charge is -2.18. The molecule has 0 unspecified atom stereocenters. The van der Waals surface area contributed by atoms with E-state index in [-0.39, 0.29) is 5.91 Å². The Morgan fingerprint density at radius 2 is 1.73 bits per heavy atom. The molecule has 2 aromatic carbocycles. The van der Waals surface area contributed by atoms with Gasteiger partial charge < -0.3 is 9.80 Å². The van der Waals surface area contributed by atoms with Crippen LogP contribution in [0.5, 0.6) is 0 Å². The summed E-state index contributed by atoms with van der Waals surface area (Å²) in [5, 5.41) is 0. The number of rotatable bonds is 5. The van der Waals surface area contributed by atoms with E-state index >= 15 is 0 Å². The minimum atomic E-state index is 0.106. The van der Waals surface area contributed by atoms with Crippen molar-refractivity contribution < 1.29 is 4.79 Å². The molecule has 0 saturated carbocycles. The van der Waals surface area contributed by atoms with E-state index in [9.17, 15) is 4.79 Å². The number of nitrogens with zero attached hydrogens (tertiary/aromatic N) is 2. The molecule has 0 fully saturated rings. The highest BCUT2D eigenvalue weighted by atomic mass is 16.2. The maximum atomic E-state index is 12.9. The van der Waals surface area contributed by atoms with E-state index < -0.39 is 0 Å². The molecular formula is C23H32N2O. The number of anilines is 2. The summed E-state index contributed by atoms with van der Waals surface area (Å²) >= 11 is 0.